The monoisotopic (exact) mass is 326 g/mol. The Hall–Kier alpha value is -1.08. The Morgan fingerprint density at radius 3 is 1.86 bits per heavy atom. The Labute approximate surface area is 132 Å². The van der Waals surface area contributed by atoms with Gasteiger partial charge in [0.1, 0.15) is 11.6 Å². The van der Waals surface area contributed by atoms with Crippen molar-refractivity contribution in [3.8, 4) is 0 Å². The molecule has 0 aliphatic heterocycles. The molecule has 7 heteroatoms. The summed E-state index contributed by atoms with van der Waals surface area (Å²) in [7, 11) is 2.04. The maximum Gasteiger partial charge on any atom is 0.369 e. The molecule has 1 rings (SSSR count). The van der Waals surface area contributed by atoms with Crippen molar-refractivity contribution in [1.29, 1.82) is 0 Å². The molecule has 1 aromatic heterocycles. The maximum atomic E-state index is 11.2. The van der Waals surface area contributed by atoms with Gasteiger partial charge in [0.15, 0.2) is 0 Å². The van der Waals surface area contributed by atoms with Gasteiger partial charge in [0, 0.05) is 7.11 Å². The van der Waals surface area contributed by atoms with E-state index in [2.05, 4.69) is 10.2 Å². The van der Waals surface area contributed by atoms with Gasteiger partial charge in [-0.25, -0.2) is 4.79 Å². The molecule has 0 aromatic carbocycles. The summed E-state index contributed by atoms with van der Waals surface area (Å²) in [5, 5.41) is 8.38. The van der Waals surface area contributed by atoms with Crippen molar-refractivity contribution in [1.82, 2.24) is 10.2 Å². The number of aromatic nitrogens is 2. The number of carbonyl (C=O) groups is 1. The van der Waals surface area contributed by atoms with Crippen molar-refractivity contribution in [2.45, 2.75) is 48.5 Å². The van der Waals surface area contributed by atoms with Crippen LogP contribution >= 0.6 is 11.3 Å². The average Bonchev–Trinajstić information content (AvgIpc) is 3.02. The molecule has 0 amide bonds. The highest BCUT2D eigenvalue weighted by molar-refractivity contribution is 7.13. The maximum absolute atomic E-state index is 11.2. The number of rotatable bonds is 4. The first-order valence-corrected chi connectivity index (χ1v) is 7.89. The van der Waals surface area contributed by atoms with Gasteiger partial charge in [-0.1, -0.05) is 52.9 Å². The zero-order valence-electron chi connectivity index (χ0n) is 14.8. The Kier molecular flexibility index (Phi) is 36.6. The summed E-state index contributed by atoms with van der Waals surface area (Å²) in [6.45, 7) is 14.4. The van der Waals surface area contributed by atoms with E-state index in [4.69, 9.17) is 9.47 Å². The van der Waals surface area contributed by atoms with Gasteiger partial charge < -0.3 is 9.47 Å². The predicted octanol–water partition coefficient (Wildman–Crippen LogP) is 4.31. The molecule has 0 atom stereocenters. The third kappa shape index (κ3) is 18.9. The van der Waals surface area contributed by atoms with Gasteiger partial charge in [-0.3, -0.25) is 4.39 Å². The molecule has 0 saturated heterocycles. The van der Waals surface area contributed by atoms with Crippen LogP contribution in [0.4, 0.5) is 4.39 Å². The largest absolute Gasteiger partial charge is 0.458 e. The van der Waals surface area contributed by atoms with Crippen molar-refractivity contribution in [3.63, 3.8) is 0 Å². The Balaban J connectivity index is -0.000000156. The van der Waals surface area contributed by atoms with E-state index in [0.717, 1.165) is 5.01 Å². The zero-order chi connectivity index (χ0) is 17.7. The van der Waals surface area contributed by atoms with Crippen LogP contribution in [0.2, 0.25) is 0 Å². The van der Waals surface area contributed by atoms with Gasteiger partial charge in [-0.05, 0) is 6.92 Å². The summed E-state index contributed by atoms with van der Waals surface area (Å²) in [4.78, 5) is 11.2. The lowest BCUT2D eigenvalue weighted by molar-refractivity contribution is 0.0387. The molecule has 0 aliphatic rings. The molecule has 128 valence electrons. The van der Waals surface area contributed by atoms with Crippen molar-refractivity contribution in [2.75, 3.05) is 27.5 Å². The van der Waals surface area contributed by atoms with Crippen LogP contribution in [0.25, 0.3) is 0 Å². The van der Waals surface area contributed by atoms with E-state index in [0.29, 0.717) is 13.8 Å². The molecule has 0 saturated carbocycles. The summed E-state index contributed by atoms with van der Waals surface area (Å²) in [6.07, 6.45) is 0. The summed E-state index contributed by atoms with van der Waals surface area (Å²) in [5.41, 5.74) is 0. The van der Waals surface area contributed by atoms with E-state index in [1.54, 1.807) is 14.0 Å². The van der Waals surface area contributed by atoms with Gasteiger partial charge in [0.05, 0.1) is 13.8 Å². The fourth-order valence-corrected chi connectivity index (χ4v) is 1.24. The molecule has 21 heavy (non-hydrogen) atoms. The van der Waals surface area contributed by atoms with Crippen LogP contribution in [0, 0.1) is 6.92 Å². The van der Waals surface area contributed by atoms with E-state index < -0.39 is 5.97 Å². The quantitative estimate of drug-likeness (QED) is 0.609. The Bertz CT molecular complexity index is 298. The Morgan fingerprint density at radius 1 is 1.05 bits per heavy atom. The number of alkyl halides is 1. The van der Waals surface area contributed by atoms with E-state index in [1.165, 1.54) is 11.3 Å². The molecule has 0 unspecified atom stereocenters. The number of methoxy groups -OCH3 is 1. The fourth-order valence-electron chi connectivity index (χ4n) is 0.658. The minimum Gasteiger partial charge on any atom is -0.458 e. The van der Waals surface area contributed by atoms with Gasteiger partial charge >= 0.3 is 5.97 Å². The summed E-state index contributed by atoms with van der Waals surface area (Å²) >= 11 is 1.22. The van der Waals surface area contributed by atoms with Crippen LogP contribution in [0.5, 0.6) is 0 Å². The molecule has 5 nitrogen and oxygen atoms in total. The number of aryl methyl sites for hydroxylation is 1. The zero-order valence-corrected chi connectivity index (χ0v) is 15.6. The smallest absolute Gasteiger partial charge is 0.369 e. The lowest BCUT2D eigenvalue weighted by atomic mass is 10.7. The molecule has 1 aromatic rings. The highest BCUT2D eigenvalue weighted by Crippen LogP contribution is 2.08. The average molecular weight is 326 g/mol. The minimum atomic E-state index is -0.442. The fraction of sp³-hybridized carbons (Fsp3) is 0.786. The second-order valence-electron chi connectivity index (χ2n) is 2.25. The first kappa shape index (κ1) is 28.1. The van der Waals surface area contributed by atoms with Gasteiger partial charge in [0.25, 0.3) is 0 Å². The second-order valence-corrected chi connectivity index (χ2v) is 3.44. The Morgan fingerprint density at radius 2 is 1.52 bits per heavy atom. The van der Waals surface area contributed by atoms with Crippen LogP contribution in [0.1, 0.15) is 56.4 Å². The van der Waals surface area contributed by atoms with Crippen LogP contribution in [-0.2, 0) is 9.47 Å². The van der Waals surface area contributed by atoms with E-state index in [9.17, 15) is 9.18 Å². The van der Waals surface area contributed by atoms with Crippen LogP contribution in [0.3, 0.4) is 0 Å². The third-order valence-corrected chi connectivity index (χ3v) is 2.04. The van der Waals surface area contributed by atoms with Crippen molar-refractivity contribution in [3.05, 3.63) is 10.0 Å². The summed E-state index contributed by atoms with van der Waals surface area (Å²) < 4.78 is 19.0. The molecule has 0 spiro atoms. The highest BCUT2D eigenvalue weighted by atomic mass is 32.1. The second kappa shape index (κ2) is 27.3. The number of nitrogens with zero attached hydrogens (tertiary/aromatic N) is 2. The molecule has 0 aliphatic carbocycles. The van der Waals surface area contributed by atoms with E-state index in [1.807, 2.05) is 41.5 Å². The normalized spacial score (nSPS) is 7.33. The van der Waals surface area contributed by atoms with Gasteiger partial charge in [0.2, 0.25) is 5.01 Å². The molecular weight excluding hydrogens is 295 g/mol. The lowest BCUT2D eigenvalue weighted by Gasteiger charge is -1.99. The van der Waals surface area contributed by atoms with Crippen LogP contribution < -0.4 is 0 Å². The van der Waals surface area contributed by atoms with Crippen molar-refractivity contribution in [2.24, 2.45) is 0 Å². The molecular formula is C14H31FN2O3S. The van der Waals surface area contributed by atoms with Gasteiger partial charge in [-0.2, -0.15) is 0 Å². The molecule has 0 radical (unpaired) electrons. The number of carbonyl (C=O) groups excluding carboxylic acids is 1. The highest BCUT2D eigenvalue weighted by Gasteiger charge is 2.11. The molecule has 0 bridgehead atoms. The molecule has 0 N–H and O–H groups in total. The number of hydrogen-bond donors (Lipinski definition) is 0. The van der Waals surface area contributed by atoms with Crippen LogP contribution in [0.15, 0.2) is 0 Å². The number of hydrogen-bond acceptors (Lipinski definition) is 6. The lowest BCUT2D eigenvalue weighted by Crippen LogP contribution is -2.09. The van der Waals surface area contributed by atoms with Gasteiger partial charge in [-0.15, -0.1) is 10.2 Å². The molecule has 0 fully saturated rings. The van der Waals surface area contributed by atoms with E-state index in [-0.39, 0.29) is 11.6 Å². The topological polar surface area (TPSA) is 61.3 Å². The number of halogens is 1. The third-order valence-electron chi connectivity index (χ3n) is 1.22. The number of esters is 1. The predicted molar refractivity (Wildman–Crippen MR) is 87.9 cm³/mol. The van der Waals surface area contributed by atoms with Crippen LogP contribution in [-0.4, -0.2) is 43.7 Å². The summed E-state index contributed by atoms with van der Waals surface area (Å²) in [6, 6.07) is 0. The van der Waals surface area contributed by atoms with Crippen molar-refractivity contribution >= 4 is 17.3 Å². The first-order chi connectivity index (χ1) is 10.2. The minimum absolute atomic E-state index is 0.244. The molecule has 1 heterocycles. The standard InChI is InChI=1S/C7H10N2O3S.3C2H6.CH3F/c1-5-8-9-6(13-5)7(10)12-4-3-11-2;4*1-2/h3-4H2,1-2H3;3*1-2H3;1H3. The summed E-state index contributed by atoms with van der Waals surface area (Å²) in [5.74, 6) is -0.442. The van der Waals surface area contributed by atoms with Crippen molar-refractivity contribution < 1.29 is 18.7 Å². The number of ether oxygens (including phenoxy) is 2. The van der Waals surface area contributed by atoms with E-state index >= 15 is 0 Å². The SMILES string of the molecule is CC.CC.CC.CF.COCCOC(=O)c1nnc(C)s1. The first-order valence-electron chi connectivity index (χ1n) is 7.08.